The number of nitrogens with one attached hydrogen (secondary N) is 1. The van der Waals surface area contributed by atoms with Gasteiger partial charge in [0.1, 0.15) is 17.5 Å². The molecule has 0 amide bonds. The van der Waals surface area contributed by atoms with E-state index < -0.39 is 0 Å². The second kappa shape index (κ2) is 2.75. The topological polar surface area (TPSA) is 78.5 Å². The highest BCUT2D eigenvalue weighted by Crippen LogP contribution is 2.15. The van der Waals surface area contributed by atoms with Crippen molar-refractivity contribution in [3.8, 4) is 17.7 Å². The van der Waals surface area contributed by atoms with Gasteiger partial charge in [-0.2, -0.15) is 10.2 Å². The molecule has 2 aromatic rings. The van der Waals surface area contributed by atoms with Crippen molar-refractivity contribution in [3.05, 3.63) is 23.7 Å². The lowest BCUT2D eigenvalue weighted by atomic mass is 10.4. The summed E-state index contributed by atoms with van der Waals surface area (Å²) in [7, 11) is 0. The van der Waals surface area contributed by atoms with Crippen LogP contribution in [0.1, 0.15) is 11.5 Å². The minimum Gasteiger partial charge on any atom is -0.342 e. The van der Waals surface area contributed by atoms with Crippen molar-refractivity contribution in [2.45, 2.75) is 6.92 Å². The van der Waals surface area contributed by atoms with Crippen LogP contribution in [0.15, 0.2) is 16.7 Å². The molecule has 1 N–H and O–H groups in total. The summed E-state index contributed by atoms with van der Waals surface area (Å²) in [5.41, 5.74) is 1.14. The summed E-state index contributed by atoms with van der Waals surface area (Å²) in [5.74, 6) is 0.974. The van der Waals surface area contributed by atoms with Gasteiger partial charge in [0.25, 0.3) is 5.89 Å². The Morgan fingerprint density at radius 3 is 2.92 bits per heavy atom. The summed E-state index contributed by atoms with van der Waals surface area (Å²) in [5, 5.41) is 12.2. The Balaban J connectivity index is 2.42. The molecule has 0 bridgehead atoms. The van der Waals surface area contributed by atoms with E-state index in [1.807, 2.05) is 6.07 Å². The molecule has 13 heavy (non-hydrogen) atoms. The minimum absolute atomic E-state index is 0.402. The Morgan fingerprint density at radius 2 is 2.38 bits per heavy atom. The van der Waals surface area contributed by atoms with E-state index in [4.69, 9.17) is 9.78 Å². The number of H-pyrrole nitrogens is 1. The monoisotopic (exact) mass is 174 g/mol. The molecule has 0 saturated heterocycles. The highest BCUT2D eigenvalue weighted by Gasteiger charge is 2.07. The molecule has 5 heteroatoms. The van der Waals surface area contributed by atoms with Gasteiger partial charge in [0.05, 0.1) is 0 Å². The van der Waals surface area contributed by atoms with Crippen molar-refractivity contribution in [3.63, 3.8) is 0 Å². The number of nitrogens with zero attached hydrogens (tertiary/aromatic N) is 3. The van der Waals surface area contributed by atoms with Crippen LogP contribution in [0.3, 0.4) is 0 Å². The third kappa shape index (κ3) is 1.29. The molecule has 0 aliphatic rings. The van der Waals surface area contributed by atoms with E-state index in [9.17, 15) is 0 Å². The molecular weight excluding hydrogens is 168 g/mol. The van der Waals surface area contributed by atoms with Gasteiger partial charge in [0, 0.05) is 0 Å². The van der Waals surface area contributed by atoms with E-state index >= 15 is 0 Å². The number of nitriles is 1. The Hall–Kier alpha value is -2.09. The van der Waals surface area contributed by atoms with Gasteiger partial charge >= 0.3 is 0 Å². The fraction of sp³-hybridized carbons (Fsp3) is 0.125. The zero-order valence-electron chi connectivity index (χ0n) is 6.90. The zero-order chi connectivity index (χ0) is 9.26. The first-order valence-electron chi connectivity index (χ1n) is 3.69. The molecule has 0 spiro atoms. The number of aryl methyl sites for hydroxylation is 1. The van der Waals surface area contributed by atoms with Gasteiger partial charge < -0.3 is 9.51 Å². The molecule has 0 fully saturated rings. The maximum Gasteiger partial charge on any atom is 0.274 e. The maximum absolute atomic E-state index is 8.56. The van der Waals surface area contributed by atoms with Crippen LogP contribution >= 0.6 is 0 Å². The van der Waals surface area contributed by atoms with Crippen molar-refractivity contribution in [2.75, 3.05) is 0 Å². The van der Waals surface area contributed by atoms with Crippen LogP contribution in [0.2, 0.25) is 0 Å². The number of aromatic nitrogens is 3. The Labute approximate surface area is 74.0 Å². The largest absolute Gasteiger partial charge is 0.342 e. The fourth-order valence-electron chi connectivity index (χ4n) is 0.992. The second-order valence-corrected chi connectivity index (χ2v) is 2.54. The van der Waals surface area contributed by atoms with Gasteiger partial charge in [-0.1, -0.05) is 5.16 Å². The lowest BCUT2D eigenvalue weighted by Gasteiger charge is -1.84. The predicted octanol–water partition coefficient (Wildman–Crippen LogP) is 1.24. The first kappa shape index (κ1) is 7.55. The van der Waals surface area contributed by atoms with E-state index in [2.05, 4.69) is 15.1 Å². The van der Waals surface area contributed by atoms with E-state index in [-0.39, 0.29) is 0 Å². The maximum atomic E-state index is 8.56. The molecule has 2 heterocycles. The third-order valence-electron chi connectivity index (χ3n) is 1.56. The number of hydrogen-bond donors (Lipinski definition) is 1. The van der Waals surface area contributed by atoms with Crippen LogP contribution in [0, 0.1) is 18.3 Å². The van der Waals surface area contributed by atoms with Crippen molar-refractivity contribution in [1.29, 1.82) is 5.26 Å². The molecule has 64 valence electrons. The molecular formula is C8H6N4O. The van der Waals surface area contributed by atoms with Gasteiger partial charge in [0.2, 0.25) is 0 Å². The van der Waals surface area contributed by atoms with Gasteiger partial charge in [0.15, 0.2) is 5.82 Å². The van der Waals surface area contributed by atoms with Crippen molar-refractivity contribution in [2.24, 2.45) is 0 Å². The summed E-state index contributed by atoms with van der Waals surface area (Å²) < 4.78 is 4.91. The highest BCUT2D eigenvalue weighted by atomic mass is 16.5. The average molecular weight is 174 g/mol. The summed E-state index contributed by atoms with van der Waals surface area (Å²) in [4.78, 5) is 6.85. The Morgan fingerprint density at radius 1 is 1.54 bits per heavy atom. The SMILES string of the molecule is Cc1noc(-c2ccc(C#N)[nH]2)n1. The standard InChI is InChI=1S/C8H6N4O/c1-5-10-8(13-12-5)7-3-2-6(4-9)11-7/h2-3,11H,1H3. The van der Waals surface area contributed by atoms with Crippen LogP contribution in [-0.4, -0.2) is 15.1 Å². The Bertz CT molecular complexity index is 462. The third-order valence-corrected chi connectivity index (χ3v) is 1.56. The van der Waals surface area contributed by atoms with Gasteiger partial charge in [-0.05, 0) is 19.1 Å². The van der Waals surface area contributed by atoms with Crippen LogP contribution in [-0.2, 0) is 0 Å². The molecule has 2 aromatic heterocycles. The van der Waals surface area contributed by atoms with E-state index in [0.717, 1.165) is 0 Å². The lowest BCUT2D eigenvalue weighted by molar-refractivity contribution is 0.424. The minimum atomic E-state index is 0.402. The molecule has 5 nitrogen and oxygen atoms in total. The molecule has 0 atom stereocenters. The molecule has 2 rings (SSSR count). The first-order valence-corrected chi connectivity index (χ1v) is 3.69. The highest BCUT2D eigenvalue weighted by molar-refractivity contribution is 5.49. The van der Waals surface area contributed by atoms with Crippen molar-refractivity contribution >= 4 is 0 Å². The predicted molar refractivity (Wildman–Crippen MR) is 43.5 cm³/mol. The van der Waals surface area contributed by atoms with Crippen LogP contribution < -0.4 is 0 Å². The molecule has 0 aromatic carbocycles. The average Bonchev–Trinajstić information content (AvgIpc) is 2.71. The first-order chi connectivity index (χ1) is 6.29. The van der Waals surface area contributed by atoms with Gasteiger partial charge in [-0.25, -0.2) is 0 Å². The van der Waals surface area contributed by atoms with Gasteiger partial charge in [-0.15, -0.1) is 0 Å². The van der Waals surface area contributed by atoms with Crippen LogP contribution in [0.25, 0.3) is 11.6 Å². The lowest BCUT2D eigenvalue weighted by Crippen LogP contribution is -1.78. The number of rotatable bonds is 1. The van der Waals surface area contributed by atoms with E-state index in [1.165, 1.54) is 0 Å². The van der Waals surface area contributed by atoms with Crippen LogP contribution in [0.4, 0.5) is 0 Å². The smallest absolute Gasteiger partial charge is 0.274 e. The number of aromatic amines is 1. The van der Waals surface area contributed by atoms with Crippen molar-refractivity contribution < 1.29 is 4.52 Å². The summed E-state index contributed by atoms with van der Waals surface area (Å²) in [6, 6.07) is 5.37. The van der Waals surface area contributed by atoms with E-state index in [1.54, 1.807) is 19.1 Å². The van der Waals surface area contributed by atoms with Crippen LogP contribution in [0.5, 0.6) is 0 Å². The normalized spacial score (nSPS) is 9.85. The summed E-state index contributed by atoms with van der Waals surface area (Å²) >= 11 is 0. The Kier molecular flexibility index (Phi) is 1.60. The van der Waals surface area contributed by atoms with Crippen molar-refractivity contribution in [1.82, 2.24) is 15.1 Å². The van der Waals surface area contributed by atoms with E-state index in [0.29, 0.717) is 23.1 Å². The zero-order valence-corrected chi connectivity index (χ0v) is 6.90. The molecule has 0 aliphatic carbocycles. The molecule has 0 saturated carbocycles. The molecule has 0 aliphatic heterocycles. The number of hydrogen-bond acceptors (Lipinski definition) is 4. The molecule has 0 radical (unpaired) electrons. The van der Waals surface area contributed by atoms with Gasteiger partial charge in [-0.3, -0.25) is 0 Å². The molecule has 0 unspecified atom stereocenters. The fourth-order valence-corrected chi connectivity index (χ4v) is 0.992. The summed E-state index contributed by atoms with van der Waals surface area (Å²) in [6.45, 7) is 1.74. The second-order valence-electron chi connectivity index (χ2n) is 2.54. The summed E-state index contributed by atoms with van der Waals surface area (Å²) in [6.07, 6.45) is 0. The quantitative estimate of drug-likeness (QED) is 0.705.